The fraction of sp³-hybridized carbons (Fsp3) is 0.0417. The van der Waals surface area contributed by atoms with Gasteiger partial charge in [0.05, 0.1) is 10.9 Å². The van der Waals surface area contributed by atoms with E-state index in [1.54, 1.807) is 0 Å². The lowest BCUT2D eigenvalue weighted by molar-refractivity contribution is 0.0943. The lowest BCUT2D eigenvalue weighted by Gasteiger charge is -2.18. The van der Waals surface area contributed by atoms with Gasteiger partial charge < -0.3 is 5.32 Å². The van der Waals surface area contributed by atoms with E-state index in [9.17, 15) is 22.0 Å². The Morgan fingerprint density at radius 1 is 0.848 bits per heavy atom. The highest BCUT2D eigenvalue weighted by Crippen LogP contribution is 2.26. The van der Waals surface area contributed by atoms with E-state index in [-0.39, 0.29) is 17.6 Å². The maximum absolute atomic E-state index is 13.4. The van der Waals surface area contributed by atoms with Crippen LogP contribution >= 0.6 is 11.3 Å². The minimum atomic E-state index is -4.13. The SMILES string of the molecule is O=C(NC(c1ccccc1)c1cccs1)c1ccc(NS(=O)(=O)c2ccc(F)c(F)c2)cc1. The Morgan fingerprint density at radius 2 is 1.58 bits per heavy atom. The van der Waals surface area contributed by atoms with Crippen molar-refractivity contribution in [2.75, 3.05) is 4.72 Å². The summed E-state index contributed by atoms with van der Waals surface area (Å²) in [4.78, 5) is 13.5. The van der Waals surface area contributed by atoms with E-state index in [2.05, 4.69) is 10.0 Å². The van der Waals surface area contributed by atoms with Crippen molar-refractivity contribution in [3.63, 3.8) is 0 Å². The van der Waals surface area contributed by atoms with Crippen molar-refractivity contribution >= 4 is 33.0 Å². The zero-order valence-corrected chi connectivity index (χ0v) is 18.7. The number of halogens is 2. The van der Waals surface area contributed by atoms with Gasteiger partial charge in [0.25, 0.3) is 15.9 Å². The monoisotopic (exact) mass is 484 g/mol. The van der Waals surface area contributed by atoms with E-state index in [4.69, 9.17) is 0 Å². The third kappa shape index (κ3) is 5.27. The zero-order valence-electron chi connectivity index (χ0n) is 17.0. The topological polar surface area (TPSA) is 75.3 Å². The largest absolute Gasteiger partial charge is 0.340 e. The van der Waals surface area contributed by atoms with Gasteiger partial charge in [-0.2, -0.15) is 0 Å². The maximum Gasteiger partial charge on any atom is 0.261 e. The van der Waals surface area contributed by atoms with Crippen LogP contribution in [0.15, 0.2) is 95.2 Å². The molecule has 0 saturated carbocycles. The smallest absolute Gasteiger partial charge is 0.261 e. The third-order valence-electron chi connectivity index (χ3n) is 4.84. The van der Waals surface area contributed by atoms with Crippen LogP contribution in [-0.2, 0) is 10.0 Å². The summed E-state index contributed by atoms with van der Waals surface area (Å²) in [6.07, 6.45) is 0. The van der Waals surface area contributed by atoms with E-state index in [0.29, 0.717) is 11.6 Å². The van der Waals surface area contributed by atoms with Crippen molar-refractivity contribution in [2.24, 2.45) is 0 Å². The maximum atomic E-state index is 13.4. The summed E-state index contributed by atoms with van der Waals surface area (Å²) >= 11 is 1.53. The third-order valence-corrected chi connectivity index (χ3v) is 7.15. The molecule has 0 aliphatic carbocycles. The van der Waals surface area contributed by atoms with Gasteiger partial charge in [-0.1, -0.05) is 36.4 Å². The minimum Gasteiger partial charge on any atom is -0.340 e. The second-order valence-electron chi connectivity index (χ2n) is 7.09. The summed E-state index contributed by atoms with van der Waals surface area (Å²) in [6, 6.07) is 21.2. The fourth-order valence-corrected chi connectivity index (χ4v) is 5.05. The van der Waals surface area contributed by atoms with Crippen molar-refractivity contribution in [3.05, 3.63) is 118 Å². The lowest BCUT2D eigenvalue weighted by Crippen LogP contribution is -2.28. The first-order valence-corrected chi connectivity index (χ1v) is 12.2. The Kier molecular flexibility index (Phi) is 6.52. The van der Waals surface area contributed by atoms with Gasteiger partial charge in [0.1, 0.15) is 0 Å². The Morgan fingerprint density at radius 3 is 2.21 bits per heavy atom. The predicted molar refractivity (Wildman–Crippen MR) is 124 cm³/mol. The molecule has 4 aromatic rings. The second kappa shape index (κ2) is 9.51. The summed E-state index contributed by atoms with van der Waals surface area (Å²) in [6.45, 7) is 0. The molecule has 0 aliphatic heterocycles. The number of benzene rings is 3. The summed E-state index contributed by atoms with van der Waals surface area (Å²) < 4.78 is 53.7. The quantitative estimate of drug-likeness (QED) is 0.372. The number of sulfonamides is 1. The van der Waals surface area contributed by atoms with Gasteiger partial charge in [0.15, 0.2) is 11.6 Å². The highest BCUT2D eigenvalue weighted by atomic mass is 32.2. The Labute approximate surface area is 193 Å². The van der Waals surface area contributed by atoms with Crippen LogP contribution in [0.3, 0.4) is 0 Å². The average Bonchev–Trinajstić information content (AvgIpc) is 3.34. The van der Waals surface area contributed by atoms with Crippen LogP contribution in [0.1, 0.15) is 26.8 Å². The van der Waals surface area contributed by atoms with Gasteiger partial charge in [-0.3, -0.25) is 9.52 Å². The van der Waals surface area contributed by atoms with Crippen molar-refractivity contribution in [1.82, 2.24) is 5.32 Å². The molecule has 168 valence electrons. The molecule has 0 bridgehead atoms. The number of hydrogen-bond donors (Lipinski definition) is 2. The predicted octanol–water partition coefficient (Wildman–Crippen LogP) is 5.35. The summed E-state index contributed by atoms with van der Waals surface area (Å²) in [7, 11) is -4.13. The molecule has 3 aromatic carbocycles. The summed E-state index contributed by atoms with van der Waals surface area (Å²) in [5, 5.41) is 4.95. The number of anilines is 1. The van der Waals surface area contributed by atoms with Crippen LogP contribution in [0, 0.1) is 11.6 Å². The molecule has 9 heteroatoms. The van der Waals surface area contributed by atoms with E-state index < -0.39 is 26.6 Å². The molecule has 0 radical (unpaired) electrons. The first-order chi connectivity index (χ1) is 15.8. The van der Waals surface area contributed by atoms with E-state index in [1.807, 2.05) is 47.8 Å². The molecule has 0 saturated heterocycles. The van der Waals surface area contributed by atoms with E-state index >= 15 is 0 Å². The fourth-order valence-electron chi connectivity index (χ4n) is 3.18. The molecule has 1 heterocycles. The van der Waals surface area contributed by atoms with Gasteiger partial charge >= 0.3 is 0 Å². The number of rotatable bonds is 7. The van der Waals surface area contributed by atoms with Crippen LogP contribution in [0.25, 0.3) is 0 Å². The van der Waals surface area contributed by atoms with Crippen LogP contribution in [0.2, 0.25) is 0 Å². The highest BCUT2D eigenvalue weighted by molar-refractivity contribution is 7.92. The lowest BCUT2D eigenvalue weighted by atomic mass is 10.0. The van der Waals surface area contributed by atoms with E-state index in [1.165, 1.54) is 35.6 Å². The molecule has 1 amide bonds. The highest BCUT2D eigenvalue weighted by Gasteiger charge is 2.20. The molecule has 1 atom stereocenters. The Balaban J connectivity index is 1.50. The van der Waals surface area contributed by atoms with Crippen molar-refractivity contribution in [2.45, 2.75) is 10.9 Å². The van der Waals surface area contributed by atoms with Crippen molar-refractivity contribution in [1.29, 1.82) is 0 Å². The standard InChI is InChI=1S/C24H18F2N2O3S2/c25-20-13-12-19(15-21(20)26)33(30,31)28-18-10-8-17(9-11-18)24(29)27-23(22-7-4-14-32-22)16-5-2-1-3-6-16/h1-15,23,28H,(H,27,29). The number of hydrogen-bond acceptors (Lipinski definition) is 4. The summed E-state index contributed by atoms with van der Waals surface area (Å²) in [5.74, 6) is -2.73. The molecule has 1 unspecified atom stereocenters. The van der Waals surface area contributed by atoms with Crippen LogP contribution in [0.5, 0.6) is 0 Å². The minimum absolute atomic E-state index is 0.175. The Hall–Kier alpha value is -3.56. The number of amides is 1. The summed E-state index contributed by atoms with van der Waals surface area (Å²) in [5.41, 5.74) is 1.45. The van der Waals surface area contributed by atoms with Crippen LogP contribution in [0.4, 0.5) is 14.5 Å². The average molecular weight is 485 g/mol. The molecule has 4 rings (SSSR count). The van der Waals surface area contributed by atoms with Gasteiger partial charge in [-0.15, -0.1) is 11.3 Å². The molecular formula is C24H18F2N2O3S2. The normalized spacial score (nSPS) is 12.2. The number of carbonyl (C=O) groups is 1. The molecule has 1 aromatic heterocycles. The number of carbonyl (C=O) groups excluding carboxylic acids is 1. The van der Waals surface area contributed by atoms with Crippen LogP contribution < -0.4 is 10.0 Å². The number of thiophene rings is 1. The van der Waals surface area contributed by atoms with Gasteiger partial charge in [-0.05, 0) is 59.5 Å². The van der Waals surface area contributed by atoms with Gasteiger partial charge in [0.2, 0.25) is 0 Å². The van der Waals surface area contributed by atoms with Gasteiger partial charge in [0, 0.05) is 16.1 Å². The molecule has 0 fully saturated rings. The van der Waals surface area contributed by atoms with Crippen molar-refractivity contribution in [3.8, 4) is 0 Å². The second-order valence-corrected chi connectivity index (χ2v) is 9.75. The zero-order chi connectivity index (χ0) is 23.4. The first kappa shape index (κ1) is 22.6. The molecule has 0 aliphatic rings. The van der Waals surface area contributed by atoms with Crippen LogP contribution in [-0.4, -0.2) is 14.3 Å². The Bertz CT molecular complexity index is 1360. The number of nitrogens with one attached hydrogen (secondary N) is 2. The molecular weight excluding hydrogens is 466 g/mol. The van der Waals surface area contributed by atoms with Crippen molar-refractivity contribution < 1.29 is 22.0 Å². The first-order valence-electron chi connectivity index (χ1n) is 9.80. The van der Waals surface area contributed by atoms with E-state index in [0.717, 1.165) is 22.6 Å². The molecule has 2 N–H and O–H groups in total. The molecule has 0 spiro atoms. The molecule has 5 nitrogen and oxygen atoms in total. The van der Waals surface area contributed by atoms with Gasteiger partial charge in [-0.25, -0.2) is 17.2 Å². The molecule has 33 heavy (non-hydrogen) atoms.